The zero-order valence-electron chi connectivity index (χ0n) is 13.8. The molecular formula is C19H25N3O. The summed E-state index contributed by atoms with van der Waals surface area (Å²) >= 11 is 0. The SMILES string of the molecule is CCCCc1nc([C@H]2C[C@@H](c3ccccc3)N3CCC[C@H]23)no1. The Morgan fingerprint density at radius 1 is 1.26 bits per heavy atom. The van der Waals surface area contributed by atoms with E-state index < -0.39 is 0 Å². The molecule has 0 spiro atoms. The normalized spacial score (nSPS) is 27.4. The summed E-state index contributed by atoms with van der Waals surface area (Å²) in [7, 11) is 0. The molecule has 1 aromatic heterocycles. The van der Waals surface area contributed by atoms with Crippen molar-refractivity contribution in [1.29, 1.82) is 0 Å². The third-order valence-electron chi connectivity index (χ3n) is 5.43. The second-order valence-corrected chi connectivity index (χ2v) is 6.87. The molecule has 2 aliphatic rings. The molecule has 2 saturated heterocycles. The second-order valence-electron chi connectivity index (χ2n) is 6.87. The average Bonchev–Trinajstić information content (AvgIpc) is 3.29. The third-order valence-corrected chi connectivity index (χ3v) is 5.43. The Bertz CT molecular complexity index is 639. The van der Waals surface area contributed by atoms with Gasteiger partial charge in [0.25, 0.3) is 0 Å². The van der Waals surface area contributed by atoms with Gasteiger partial charge in [-0.05, 0) is 37.8 Å². The van der Waals surface area contributed by atoms with Crippen LogP contribution in [0.25, 0.3) is 0 Å². The smallest absolute Gasteiger partial charge is 0.226 e. The van der Waals surface area contributed by atoms with Crippen molar-refractivity contribution in [3.63, 3.8) is 0 Å². The highest BCUT2D eigenvalue weighted by Crippen LogP contribution is 2.48. The number of rotatable bonds is 5. The Balaban J connectivity index is 1.56. The van der Waals surface area contributed by atoms with Gasteiger partial charge in [0, 0.05) is 24.4 Å². The minimum atomic E-state index is 0.418. The Morgan fingerprint density at radius 2 is 2.13 bits per heavy atom. The maximum atomic E-state index is 5.49. The Hall–Kier alpha value is -1.68. The fraction of sp³-hybridized carbons (Fsp3) is 0.579. The van der Waals surface area contributed by atoms with Gasteiger partial charge in [0.05, 0.1) is 0 Å². The fourth-order valence-corrected chi connectivity index (χ4v) is 4.30. The van der Waals surface area contributed by atoms with Gasteiger partial charge in [-0.3, -0.25) is 4.90 Å². The van der Waals surface area contributed by atoms with Crippen molar-refractivity contribution in [2.75, 3.05) is 6.54 Å². The number of unbranched alkanes of at least 4 members (excludes halogenated alkanes) is 1. The highest BCUT2D eigenvalue weighted by atomic mass is 16.5. The predicted octanol–water partition coefficient (Wildman–Crippen LogP) is 4.11. The van der Waals surface area contributed by atoms with Gasteiger partial charge in [0.2, 0.25) is 5.89 Å². The van der Waals surface area contributed by atoms with Gasteiger partial charge in [-0.2, -0.15) is 4.98 Å². The lowest BCUT2D eigenvalue weighted by molar-refractivity contribution is 0.243. The van der Waals surface area contributed by atoms with E-state index in [4.69, 9.17) is 9.51 Å². The lowest BCUT2D eigenvalue weighted by atomic mass is 9.94. The van der Waals surface area contributed by atoms with Gasteiger partial charge in [-0.1, -0.05) is 48.8 Å². The van der Waals surface area contributed by atoms with Crippen molar-refractivity contribution in [1.82, 2.24) is 15.0 Å². The summed E-state index contributed by atoms with van der Waals surface area (Å²) in [4.78, 5) is 7.38. The number of aromatic nitrogens is 2. The first-order valence-corrected chi connectivity index (χ1v) is 9.00. The number of nitrogens with zero attached hydrogens (tertiary/aromatic N) is 3. The monoisotopic (exact) mass is 311 g/mol. The fourth-order valence-electron chi connectivity index (χ4n) is 4.30. The molecular weight excluding hydrogens is 286 g/mol. The van der Waals surface area contributed by atoms with Gasteiger partial charge in [-0.15, -0.1) is 0 Å². The molecule has 2 aliphatic heterocycles. The van der Waals surface area contributed by atoms with Crippen molar-refractivity contribution < 1.29 is 4.52 Å². The number of benzene rings is 1. The van der Waals surface area contributed by atoms with E-state index in [1.165, 1.54) is 24.9 Å². The van der Waals surface area contributed by atoms with Crippen molar-refractivity contribution in [2.24, 2.45) is 0 Å². The van der Waals surface area contributed by atoms with Crippen molar-refractivity contribution >= 4 is 0 Å². The van der Waals surface area contributed by atoms with Crippen LogP contribution >= 0.6 is 0 Å². The first-order valence-electron chi connectivity index (χ1n) is 9.00. The van der Waals surface area contributed by atoms with Gasteiger partial charge >= 0.3 is 0 Å². The van der Waals surface area contributed by atoms with Crippen molar-refractivity contribution in [2.45, 2.75) is 63.5 Å². The molecule has 23 heavy (non-hydrogen) atoms. The van der Waals surface area contributed by atoms with E-state index in [9.17, 15) is 0 Å². The molecule has 1 aromatic carbocycles. The first kappa shape index (κ1) is 14.9. The molecule has 4 nitrogen and oxygen atoms in total. The van der Waals surface area contributed by atoms with Crippen LogP contribution in [0.2, 0.25) is 0 Å². The van der Waals surface area contributed by atoms with E-state index in [1.807, 2.05) is 0 Å². The van der Waals surface area contributed by atoms with Gasteiger partial charge in [-0.25, -0.2) is 0 Å². The molecule has 4 heteroatoms. The molecule has 0 N–H and O–H groups in total. The Morgan fingerprint density at radius 3 is 2.96 bits per heavy atom. The van der Waals surface area contributed by atoms with Crippen LogP contribution in [-0.4, -0.2) is 27.6 Å². The molecule has 0 saturated carbocycles. The third kappa shape index (κ3) is 2.80. The molecule has 122 valence electrons. The van der Waals surface area contributed by atoms with Crippen LogP contribution in [0.5, 0.6) is 0 Å². The molecule has 2 fully saturated rings. The zero-order valence-corrected chi connectivity index (χ0v) is 13.8. The number of hydrogen-bond donors (Lipinski definition) is 0. The number of fused-ring (bicyclic) bond motifs is 1. The van der Waals surface area contributed by atoms with Crippen LogP contribution in [0.3, 0.4) is 0 Å². The summed E-state index contributed by atoms with van der Waals surface area (Å²) in [5.41, 5.74) is 1.43. The van der Waals surface area contributed by atoms with E-state index in [1.54, 1.807) is 0 Å². The molecule has 0 aliphatic carbocycles. The quantitative estimate of drug-likeness (QED) is 0.833. The minimum absolute atomic E-state index is 0.418. The summed E-state index contributed by atoms with van der Waals surface area (Å²) < 4.78 is 5.49. The number of aryl methyl sites for hydroxylation is 1. The zero-order chi connectivity index (χ0) is 15.6. The molecule has 4 rings (SSSR count). The standard InChI is InChI=1S/C19H25N3O/c1-2-3-11-18-20-19(21-23-18)15-13-17(14-8-5-4-6-9-14)22-12-7-10-16(15)22/h4-6,8-9,15-17H,2-3,7,10-13H2,1H3/t15-,16+,17-/m0/s1. The summed E-state index contributed by atoms with van der Waals surface area (Å²) in [6, 6.07) is 12.0. The summed E-state index contributed by atoms with van der Waals surface area (Å²) in [6.07, 6.45) is 6.84. The van der Waals surface area contributed by atoms with E-state index >= 15 is 0 Å². The maximum absolute atomic E-state index is 5.49. The Labute approximate surface area is 137 Å². The van der Waals surface area contributed by atoms with E-state index in [0.29, 0.717) is 18.0 Å². The molecule has 0 radical (unpaired) electrons. The van der Waals surface area contributed by atoms with E-state index in [2.05, 4.69) is 47.3 Å². The lowest BCUT2D eigenvalue weighted by Gasteiger charge is -2.24. The van der Waals surface area contributed by atoms with Crippen LogP contribution in [0.4, 0.5) is 0 Å². The average molecular weight is 311 g/mol. The van der Waals surface area contributed by atoms with E-state index in [-0.39, 0.29) is 0 Å². The van der Waals surface area contributed by atoms with E-state index in [0.717, 1.165) is 37.4 Å². The highest BCUT2D eigenvalue weighted by Gasteiger charge is 2.46. The Kier molecular flexibility index (Phi) is 4.17. The molecule has 3 atom stereocenters. The molecule has 0 unspecified atom stereocenters. The molecule has 2 aromatic rings. The molecule has 0 bridgehead atoms. The minimum Gasteiger partial charge on any atom is -0.339 e. The maximum Gasteiger partial charge on any atom is 0.226 e. The van der Waals surface area contributed by atoms with Crippen LogP contribution in [0.15, 0.2) is 34.9 Å². The summed E-state index contributed by atoms with van der Waals surface area (Å²) in [6.45, 7) is 3.39. The largest absolute Gasteiger partial charge is 0.339 e. The van der Waals surface area contributed by atoms with Gasteiger partial charge in [0.1, 0.15) is 0 Å². The number of hydrogen-bond acceptors (Lipinski definition) is 4. The van der Waals surface area contributed by atoms with Gasteiger partial charge < -0.3 is 4.52 Å². The molecule has 0 amide bonds. The van der Waals surface area contributed by atoms with Crippen LogP contribution in [0, 0.1) is 0 Å². The highest BCUT2D eigenvalue weighted by molar-refractivity contribution is 5.24. The van der Waals surface area contributed by atoms with Crippen molar-refractivity contribution in [3.8, 4) is 0 Å². The topological polar surface area (TPSA) is 42.2 Å². The van der Waals surface area contributed by atoms with Crippen LogP contribution < -0.4 is 0 Å². The summed E-state index contributed by atoms with van der Waals surface area (Å²) in [5, 5.41) is 4.33. The van der Waals surface area contributed by atoms with Crippen LogP contribution in [-0.2, 0) is 6.42 Å². The van der Waals surface area contributed by atoms with Crippen molar-refractivity contribution in [3.05, 3.63) is 47.6 Å². The predicted molar refractivity (Wildman–Crippen MR) is 89.2 cm³/mol. The second kappa shape index (κ2) is 6.44. The lowest BCUT2D eigenvalue weighted by Crippen LogP contribution is -2.27. The van der Waals surface area contributed by atoms with Gasteiger partial charge in [0.15, 0.2) is 5.82 Å². The summed E-state index contributed by atoms with van der Waals surface area (Å²) in [5.74, 6) is 2.17. The van der Waals surface area contributed by atoms with Crippen LogP contribution in [0.1, 0.15) is 68.3 Å². The molecule has 3 heterocycles. The first-order chi connectivity index (χ1) is 11.4.